The molecule has 8 rings (SSSR count). The van der Waals surface area contributed by atoms with Crippen molar-refractivity contribution in [1.29, 1.82) is 0 Å². The predicted octanol–water partition coefficient (Wildman–Crippen LogP) is 9.25. The molecule has 2 nitrogen and oxygen atoms in total. The monoisotopic (exact) mass is 555 g/mol. The first kappa shape index (κ1) is 25.7. The summed E-state index contributed by atoms with van der Waals surface area (Å²) in [5.41, 5.74) is -5.40. The lowest BCUT2D eigenvalue weighted by Crippen LogP contribution is -2.65. The van der Waals surface area contributed by atoms with Crippen molar-refractivity contribution >= 4 is 32.9 Å². The maximum Gasteiger partial charge on any atom is 0.418 e. The zero-order valence-electron chi connectivity index (χ0n) is 21.5. The number of halogens is 6. The van der Waals surface area contributed by atoms with Gasteiger partial charge in [-0.2, -0.15) is 26.3 Å². The third-order valence-electron chi connectivity index (χ3n) is 9.31. The average Bonchev–Trinajstić information content (AvgIpc) is 2.85. The van der Waals surface area contributed by atoms with E-state index in [9.17, 15) is 31.4 Å². The van der Waals surface area contributed by atoms with Crippen LogP contribution in [0, 0.1) is 11.8 Å². The Labute approximate surface area is 227 Å². The van der Waals surface area contributed by atoms with Gasteiger partial charge >= 0.3 is 12.4 Å². The van der Waals surface area contributed by atoms with Crippen molar-refractivity contribution < 1.29 is 31.4 Å². The van der Waals surface area contributed by atoms with Gasteiger partial charge in [0.15, 0.2) is 0 Å². The molecule has 8 heteroatoms. The number of anilines is 2. The average molecular weight is 556 g/mol. The largest absolute Gasteiger partial charge is 0.418 e. The van der Waals surface area contributed by atoms with Crippen molar-refractivity contribution in [1.82, 2.24) is 0 Å². The summed E-state index contributed by atoms with van der Waals surface area (Å²) in [7, 11) is 0. The highest BCUT2D eigenvalue weighted by Crippen LogP contribution is 2.63. The smallest absolute Gasteiger partial charge is 0.390 e. The summed E-state index contributed by atoms with van der Waals surface area (Å²) in [5, 5.41) is 14.2. The minimum Gasteiger partial charge on any atom is -0.390 e. The maximum atomic E-state index is 14.7. The van der Waals surface area contributed by atoms with Crippen LogP contribution in [-0.2, 0) is 12.4 Å². The molecule has 0 amide bonds. The van der Waals surface area contributed by atoms with Crippen LogP contribution in [0.15, 0.2) is 72.8 Å². The lowest BCUT2D eigenvalue weighted by atomic mass is 9.50. The van der Waals surface area contributed by atoms with Crippen LogP contribution in [-0.4, -0.2) is 16.2 Å². The highest BCUT2D eigenvalue weighted by molar-refractivity contribution is 6.13. The summed E-state index contributed by atoms with van der Waals surface area (Å²) in [6.45, 7) is 0. The zero-order valence-corrected chi connectivity index (χ0v) is 21.5. The molecule has 4 aromatic rings. The Bertz CT molecular complexity index is 1540. The van der Waals surface area contributed by atoms with Gasteiger partial charge in [-0.15, -0.1) is 0 Å². The lowest BCUT2D eigenvalue weighted by Gasteiger charge is -2.64. The van der Waals surface area contributed by atoms with Gasteiger partial charge in [0.2, 0.25) is 0 Å². The van der Waals surface area contributed by atoms with Crippen molar-refractivity contribution in [3.05, 3.63) is 83.9 Å². The standard InChI is InChI=1S/C32H27F6NO/c33-31(34,35)25-10-5-11-26(32(36,37)38)28(25)39(29-14-19-12-20(15-29)17-30(40,16-19)18-29)27-23-8-3-1-6-21(23)13-22-7-2-4-9-24(22)27/h1-11,13,19-20,40H,12,14-18H2. The minimum atomic E-state index is -5.03. The minimum absolute atomic E-state index is 0.0300. The topological polar surface area (TPSA) is 23.5 Å². The molecule has 4 aromatic carbocycles. The van der Waals surface area contributed by atoms with Crippen molar-refractivity contribution in [2.24, 2.45) is 11.8 Å². The Morgan fingerprint density at radius 1 is 0.650 bits per heavy atom. The molecule has 0 radical (unpaired) electrons. The molecular formula is C32H27F6NO. The molecule has 4 aliphatic carbocycles. The van der Waals surface area contributed by atoms with Gasteiger partial charge in [-0.05, 0) is 79.3 Å². The summed E-state index contributed by atoms with van der Waals surface area (Å²) < 4.78 is 88.3. The molecule has 208 valence electrons. The number of rotatable bonds is 3. The van der Waals surface area contributed by atoms with E-state index in [2.05, 4.69) is 0 Å². The van der Waals surface area contributed by atoms with Gasteiger partial charge in [0.25, 0.3) is 0 Å². The van der Waals surface area contributed by atoms with Gasteiger partial charge < -0.3 is 10.0 Å². The van der Waals surface area contributed by atoms with Crippen LogP contribution in [0.25, 0.3) is 21.5 Å². The van der Waals surface area contributed by atoms with Crippen LogP contribution < -0.4 is 4.90 Å². The van der Waals surface area contributed by atoms with Gasteiger partial charge in [0, 0.05) is 16.3 Å². The molecule has 4 fully saturated rings. The molecule has 0 spiro atoms. The van der Waals surface area contributed by atoms with Crippen molar-refractivity contribution in [2.75, 3.05) is 4.90 Å². The molecular weight excluding hydrogens is 528 g/mol. The molecule has 4 saturated carbocycles. The highest BCUT2D eigenvalue weighted by atomic mass is 19.4. The summed E-state index contributed by atoms with van der Waals surface area (Å²) in [6.07, 6.45) is -7.21. The molecule has 2 unspecified atom stereocenters. The van der Waals surface area contributed by atoms with Crippen molar-refractivity contribution in [3.63, 3.8) is 0 Å². The molecule has 4 bridgehead atoms. The van der Waals surface area contributed by atoms with Gasteiger partial charge in [-0.1, -0.05) is 54.6 Å². The number of nitrogens with zero attached hydrogens (tertiary/aromatic N) is 1. The number of alkyl halides is 6. The van der Waals surface area contributed by atoms with E-state index in [0.29, 0.717) is 42.1 Å². The second-order valence-electron chi connectivity index (χ2n) is 12.1. The Morgan fingerprint density at radius 2 is 1.15 bits per heavy atom. The SMILES string of the molecule is OC12CC3CC(C1)CC(N(c1c(C(F)(F)F)cccc1C(F)(F)F)c1c4ccccc4cc4ccccc14)(C3)C2. The van der Waals surface area contributed by atoms with E-state index in [-0.39, 0.29) is 18.3 Å². The number of hydrogen-bond donors (Lipinski definition) is 1. The van der Waals surface area contributed by atoms with Gasteiger partial charge in [0.05, 0.1) is 28.1 Å². The zero-order chi connectivity index (χ0) is 28.1. The van der Waals surface area contributed by atoms with E-state index in [0.717, 1.165) is 35.4 Å². The quantitative estimate of drug-likeness (QED) is 0.201. The van der Waals surface area contributed by atoms with Gasteiger partial charge in [-0.3, -0.25) is 0 Å². The Hall–Kier alpha value is -3.26. The molecule has 0 saturated heterocycles. The van der Waals surface area contributed by atoms with Crippen LogP contribution >= 0.6 is 0 Å². The summed E-state index contributed by atoms with van der Waals surface area (Å²) in [4.78, 5) is 1.39. The molecule has 0 aromatic heterocycles. The second kappa shape index (κ2) is 8.38. The summed E-state index contributed by atoms with van der Waals surface area (Å²) >= 11 is 0. The second-order valence-corrected chi connectivity index (χ2v) is 12.1. The van der Waals surface area contributed by atoms with E-state index < -0.39 is 40.3 Å². The van der Waals surface area contributed by atoms with Crippen LogP contribution in [0.1, 0.15) is 49.7 Å². The first-order valence-electron chi connectivity index (χ1n) is 13.6. The van der Waals surface area contributed by atoms with E-state index in [1.807, 2.05) is 30.3 Å². The number of fused-ring (bicyclic) bond motifs is 2. The predicted molar refractivity (Wildman–Crippen MR) is 142 cm³/mol. The first-order valence-corrected chi connectivity index (χ1v) is 13.6. The van der Waals surface area contributed by atoms with E-state index >= 15 is 0 Å². The fourth-order valence-corrected chi connectivity index (χ4v) is 8.49. The first-order chi connectivity index (χ1) is 18.9. The summed E-state index contributed by atoms with van der Waals surface area (Å²) in [5.74, 6) is 0.0600. The van der Waals surface area contributed by atoms with Gasteiger partial charge in [0.1, 0.15) is 0 Å². The van der Waals surface area contributed by atoms with E-state index in [1.54, 1.807) is 24.3 Å². The molecule has 0 aliphatic heterocycles. The normalized spacial score (nSPS) is 28.0. The van der Waals surface area contributed by atoms with Crippen LogP contribution in [0.3, 0.4) is 0 Å². The molecule has 0 heterocycles. The molecule has 2 atom stereocenters. The third kappa shape index (κ3) is 3.90. The fourth-order valence-electron chi connectivity index (χ4n) is 8.49. The molecule has 1 N–H and O–H groups in total. The molecule has 4 aliphatic rings. The summed E-state index contributed by atoms with van der Waals surface area (Å²) in [6, 6.07) is 18.6. The number of para-hydroxylation sites is 1. The maximum absolute atomic E-state index is 14.7. The Kier molecular flexibility index (Phi) is 5.38. The fraction of sp³-hybridized carbons (Fsp3) is 0.375. The molecule has 40 heavy (non-hydrogen) atoms. The highest BCUT2D eigenvalue weighted by Gasteiger charge is 2.61. The number of hydrogen-bond acceptors (Lipinski definition) is 2. The van der Waals surface area contributed by atoms with Crippen molar-refractivity contribution in [3.8, 4) is 0 Å². The van der Waals surface area contributed by atoms with Crippen LogP contribution in [0.2, 0.25) is 0 Å². The van der Waals surface area contributed by atoms with E-state index in [4.69, 9.17) is 0 Å². The van der Waals surface area contributed by atoms with Gasteiger partial charge in [-0.25, -0.2) is 0 Å². The Balaban J connectivity index is 1.65. The van der Waals surface area contributed by atoms with E-state index in [1.165, 1.54) is 4.90 Å². The lowest BCUT2D eigenvalue weighted by molar-refractivity contribution is -0.144. The Morgan fingerprint density at radius 3 is 1.62 bits per heavy atom. The van der Waals surface area contributed by atoms with Crippen LogP contribution in [0.5, 0.6) is 0 Å². The number of aliphatic hydroxyl groups is 1. The number of benzene rings is 4. The van der Waals surface area contributed by atoms with Crippen molar-refractivity contribution in [2.45, 2.75) is 62.0 Å². The third-order valence-corrected chi connectivity index (χ3v) is 9.31. The van der Waals surface area contributed by atoms with Crippen LogP contribution in [0.4, 0.5) is 37.7 Å².